The predicted molar refractivity (Wildman–Crippen MR) is 132 cm³/mol. The van der Waals surface area contributed by atoms with Gasteiger partial charge in [-0.2, -0.15) is 0 Å². The van der Waals surface area contributed by atoms with Crippen LogP contribution in [0.1, 0.15) is 53.0 Å². The lowest BCUT2D eigenvalue weighted by Crippen LogP contribution is -2.38. The molecule has 4 rings (SSSR count). The normalized spacial score (nSPS) is 18.0. The number of aliphatic imine (C=N–C) groups is 1. The standard InChI is InChI=1S/C25H31N7O/c1-15-7-10-17(11-8-15)14-28-24(33)23-29-19-12-9-16(2)13-18(19)22(32-23)30-20-5-3-4-6-21(20)31-25(26)27/h7-13,20-21H,3-6,14H2,1-2H3,(H,28,33)(H4,26,27,31)(H,29,30,32). The Bertz CT molecular complexity index is 1170. The van der Waals surface area contributed by atoms with E-state index in [4.69, 9.17) is 11.5 Å². The summed E-state index contributed by atoms with van der Waals surface area (Å²) in [6.07, 6.45) is 3.99. The number of guanidine groups is 1. The highest BCUT2D eigenvalue weighted by molar-refractivity contribution is 5.96. The smallest absolute Gasteiger partial charge is 0.289 e. The molecule has 1 aromatic heterocycles. The number of benzene rings is 2. The molecule has 0 aliphatic heterocycles. The van der Waals surface area contributed by atoms with E-state index >= 15 is 0 Å². The third kappa shape index (κ3) is 5.58. The van der Waals surface area contributed by atoms with Crippen molar-refractivity contribution in [2.45, 2.75) is 58.2 Å². The molecule has 0 saturated heterocycles. The monoisotopic (exact) mass is 445 g/mol. The third-order valence-electron chi connectivity index (χ3n) is 5.99. The number of anilines is 1. The van der Waals surface area contributed by atoms with Crippen molar-refractivity contribution in [2.75, 3.05) is 5.32 Å². The lowest BCUT2D eigenvalue weighted by Gasteiger charge is -2.30. The first-order valence-electron chi connectivity index (χ1n) is 11.4. The second-order valence-electron chi connectivity index (χ2n) is 8.74. The molecule has 1 aliphatic carbocycles. The molecular weight excluding hydrogens is 414 g/mol. The number of carbonyl (C=O) groups is 1. The summed E-state index contributed by atoms with van der Waals surface area (Å²) in [4.78, 5) is 26.5. The molecule has 1 heterocycles. The zero-order valence-corrected chi connectivity index (χ0v) is 19.1. The van der Waals surface area contributed by atoms with E-state index in [2.05, 4.69) is 25.6 Å². The molecule has 0 spiro atoms. The molecule has 2 aromatic carbocycles. The summed E-state index contributed by atoms with van der Waals surface area (Å²) in [5.41, 5.74) is 15.3. The fraction of sp³-hybridized carbons (Fsp3) is 0.360. The topological polar surface area (TPSA) is 131 Å². The minimum absolute atomic E-state index is 0.0302. The Morgan fingerprint density at radius 2 is 1.76 bits per heavy atom. The van der Waals surface area contributed by atoms with E-state index in [1.54, 1.807) is 0 Å². The Labute approximate surface area is 193 Å². The average molecular weight is 446 g/mol. The maximum absolute atomic E-state index is 12.9. The van der Waals surface area contributed by atoms with Gasteiger partial charge in [0.15, 0.2) is 5.96 Å². The van der Waals surface area contributed by atoms with E-state index in [0.29, 0.717) is 17.9 Å². The number of nitrogens with zero attached hydrogens (tertiary/aromatic N) is 3. The third-order valence-corrected chi connectivity index (χ3v) is 5.99. The molecule has 1 fully saturated rings. The van der Waals surface area contributed by atoms with Crippen molar-refractivity contribution in [1.29, 1.82) is 0 Å². The van der Waals surface area contributed by atoms with Gasteiger partial charge in [-0.05, 0) is 44.4 Å². The second-order valence-corrected chi connectivity index (χ2v) is 8.74. The van der Waals surface area contributed by atoms with E-state index in [1.165, 1.54) is 5.56 Å². The van der Waals surface area contributed by atoms with Crippen LogP contribution in [0.4, 0.5) is 5.82 Å². The number of carbonyl (C=O) groups excluding carboxylic acids is 1. The quantitative estimate of drug-likeness (QED) is 0.340. The van der Waals surface area contributed by atoms with Crippen LogP contribution in [0, 0.1) is 13.8 Å². The Kier molecular flexibility index (Phi) is 6.72. The molecule has 3 aromatic rings. The molecule has 6 N–H and O–H groups in total. The van der Waals surface area contributed by atoms with Crippen LogP contribution in [-0.4, -0.2) is 33.9 Å². The lowest BCUT2D eigenvalue weighted by molar-refractivity contribution is 0.0941. The molecule has 0 bridgehead atoms. The van der Waals surface area contributed by atoms with Crippen LogP contribution in [0.3, 0.4) is 0 Å². The van der Waals surface area contributed by atoms with Crippen LogP contribution in [0.5, 0.6) is 0 Å². The first kappa shape index (κ1) is 22.5. The maximum atomic E-state index is 12.9. The van der Waals surface area contributed by atoms with Gasteiger partial charge < -0.3 is 22.1 Å². The number of hydrogen-bond acceptors (Lipinski definition) is 5. The second kappa shape index (κ2) is 9.85. The van der Waals surface area contributed by atoms with Gasteiger partial charge in [-0.1, -0.05) is 54.3 Å². The minimum Gasteiger partial charge on any atom is -0.370 e. The van der Waals surface area contributed by atoms with Crippen LogP contribution in [0.15, 0.2) is 47.5 Å². The Hall–Kier alpha value is -3.68. The number of amides is 1. The molecule has 1 saturated carbocycles. The summed E-state index contributed by atoms with van der Waals surface area (Å²) in [6, 6.07) is 14.0. The number of aryl methyl sites for hydroxylation is 2. The molecule has 8 nitrogen and oxygen atoms in total. The highest BCUT2D eigenvalue weighted by atomic mass is 16.2. The van der Waals surface area contributed by atoms with Crippen LogP contribution in [0.25, 0.3) is 10.9 Å². The minimum atomic E-state index is -0.314. The fourth-order valence-electron chi connectivity index (χ4n) is 4.22. The summed E-state index contributed by atoms with van der Waals surface area (Å²) < 4.78 is 0. The van der Waals surface area contributed by atoms with E-state index in [9.17, 15) is 4.79 Å². The molecule has 33 heavy (non-hydrogen) atoms. The van der Waals surface area contributed by atoms with Crippen LogP contribution >= 0.6 is 0 Å². The first-order chi connectivity index (χ1) is 15.9. The number of nitrogens with two attached hydrogens (primary N) is 2. The maximum Gasteiger partial charge on any atom is 0.289 e. The van der Waals surface area contributed by atoms with Crippen LogP contribution in [0.2, 0.25) is 0 Å². The Morgan fingerprint density at radius 1 is 1.03 bits per heavy atom. The van der Waals surface area contributed by atoms with E-state index < -0.39 is 0 Å². The van der Waals surface area contributed by atoms with Crippen LogP contribution in [-0.2, 0) is 6.54 Å². The summed E-state index contributed by atoms with van der Waals surface area (Å²) >= 11 is 0. The van der Waals surface area contributed by atoms with Crippen molar-refractivity contribution >= 4 is 28.6 Å². The van der Waals surface area contributed by atoms with Crippen molar-refractivity contribution in [1.82, 2.24) is 15.3 Å². The van der Waals surface area contributed by atoms with Gasteiger partial charge >= 0.3 is 0 Å². The van der Waals surface area contributed by atoms with Crippen molar-refractivity contribution in [3.8, 4) is 0 Å². The van der Waals surface area contributed by atoms with E-state index in [0.717, 1.165) is 42.2 Å². The van der Waals surface area contributed by atoms with Gasteiger partial charge in [0.25, 0.3) is 5.91 Å². The highest BCUT2D eigenvalue weighted by Gasteiger charge is 2.26. The zero-order chi connectivity index (χ0) is 23.4. The highest BCUT2D eigenvalue weighted by Crippen LogP contribution is 2.28. The number of nitrogens with one attached hydrogen (secondary N) is 2. The van der Waals surface area contributed by atoms with Gasteiger partial charge in [0.2, 0.25) is 5.82 Å². The first-order valence-corrected chi connectivity index (χ1v) is 11.4. The number of hydrogen-bond donors (Lipinski definition) is 4. The molecule has 2 unspecified atom stereocenters. The molecule has 2 atom stereocenters. The lowest BCUT2D eigenvalue weighted by atomic mass is 9.90. The summed E-state index contributed by atoms with van der Waals surface area (Å²) in [6.45, 7) is 4.46. The SMILES string of the molecule is Cc1ccc(CNC(=O)c2nc(NC3CCCCC3N=C(N)N)c3cc(C)ccc3n2)cc1. The Morgan fingerprint density at radius 3 is 2.52 bits per heavy atom. The summed E-state index contributed by atoms with van der Waals surface area (Å²) in [5.74, 6) is 0.542. The van der Waals surface area contributed by atoms with Crippen molar-refractivity contribution < 1.29 is 4.79 Å². The van der Waals surface area contributed by atoms with Crippen molar-refractivity contribution in [3.63, 3.8) is 0 Å². The van der Waals surface area contributed by atoms with Gasteiger partial charge in [-0.3, -0.25) is 4.79 Å². The molecule has 1 aliphatic rings. The molecular formula is C25H31N7O. The summed E-state index contributed by atoms with van der Waals surface area (Å²) in [5, 5.41) is 7.34. The fourth-order valence-corrected chi connectivity index (χ4v) is 4.22. The van der Waals surface area contributed by atoms with Gasteiger partial charge in [-0.15, -0.1) is 0 Å². The Balaban J connectivity index is 1.62. The predicted octanol–water partition coefficient (Wildman–Crippen LogP) is 3.17. The molecule has 0 radical (unpaired) electrons. The van der Waals surface area contributed by atoms with Crippen molar-refractivity contribution in [3.05, 3.63) is 65.0 Å². The summed E-state index contributed by atoms with van der Waals surface area (Å²) in [7, 11) is 0. The zero-order valence-electron chi connectivity index (χ0n) is 19.1. The van der Waals surface area contributed by atoms with Crippen LogP contribution < -0.4 is 22.1 Å². The van der Waals surface area contributed by atoms with Gasteiger partial charge in [-0.25, -0.2) is 15.0 Å². The molecule has 172 valence electrons. The van der Waals surface area contributed by atoms with Gasteiger partial charge in [0.05, 0.1) is 17.6 Å². The molecule has 1 amide bonds. The number of aromatic nitrogens is 2. The van der Waals surface area contributed by atoms with Crippen molar-refractivity contribution in [2.24, 2.45) is 16.5 Å². The number of rotatable bonds is 6. The van der Waals surface area contributed by atoms with E-state index in [-0.39, 0.29) is 29.8 Å². The number of fused-ring (bicyclic) bond motifs is 1. The van der Waals surface area contributed by atoms with Gasteiger partial charge in [0, 0.05) is 11.9 Å². The van der Waals surface area contributed by atoms with E-state index in [1.807, 2.05) is 56.3 Å². The largest absolute Gasteiger partial charge is 0.370 e. The molecule has 8 heteroatoms. The van der Waals surface area contributed by atoms with Gasteiger partial charge in [0.1, 0.15) is 5.82 Å². The average Bonchev–Trinajstić information content (AvgIpc) is 2.79.